The summed E-state index contributed by atoms with van der Waals surface area (Å²) < 4.78 is 2.51. The minimum atomic E-state index is -0.378. The van der Waals surface area contributed by atoms with Crippen LogP contribution in [-0.2, 0) is 13.6 Å². The van der Waals surface area contributed by atoms with Crippen LogP contribution in [0.5, 0.6) is 0 Å². The van der Waals surface area contributed by atoms with Gasteiger partial charge in [0.1, 0.15) is 11.5 Å². The molecule has 0 atom stereocenters. The van der Waals surface area contributed by atoms with Crippen LogP contribution < -0.4 is 22.3 Å². The lowest BCUT2D eigenvalue weighted by Crippen LogP contribution is -2.41. The van der Waals surface area contributed by atoms with Crippen LogP contribution in [0.1, 0.15) is 27.2 Å². The van der Waals surface area contributed by atoms with E-state index in [4.69, 9.17) is 5.73 Å². The Morgan fingerprint density at radius 3 is 2.45 bits per heavy atom. The molecule has 0 radical (unpaired) electrons. The topological polar surface area (TPSA) is 82.0 Å². The Balaban J connectivity index is 3.26. The third-order valence-electron chi connectivity index (χ3n) is 3.27. The molecule has 1 rings (SSSR count). The van der Waals surface area contributed by atoms with Gasteiger partial charge >= 0.3 is 5.69 Å². The van der Waals surface area contributed by atoms with Gasteiger partial charge in [-0.25, -0.2) is 4.79 Å². The third kappa shape index (κ3) is 3.39. The number of nitrogen functional groups attached to an aromatic ring is 1. The van der Waals surface area contributed by atoms with Gasteiger partial charge < -0.3 is 11.1 Å². The highest BCUT2D eigenvalue weighted by atomic mass is 32.2. The Morgan fingerprint density at radius 2 is 1.95 bits per heavy atom. The first kappa shape index (κ1) is 16.7. The first-order chi connectivity index (χ1) is 9.25. The Hall–Kier alpha value is -1.37. The van der Waals surface area contributed by atoms with Crippen molar-refractivity contribution in [1.29, 1.82) is 0 Å². The Labute approximate surface area is 123 Å². The van der Waals surface area contributed by atoms with Crippen molar-refractivity contribution in [2.24, 2.45) is 7.05 Å². The number of hydrogen-bond donors (Lipinski definition) is 2. The van der Waals surface area contributed by atoms with Crippen LogP contribution in [-0.4, -0.2) is 26.7 Å². The molecule has 0 aromatic carbocycles. The predicted octanol–water partition coefficient (Wildman–Crippen LogP) is 1.09. The SMILES string of the molecule is CCCn1c(N)c(NCC(C)(C)SC)c(=O)n(C)c1=O. The first-order valence-corrected chi connectivity index (χ1v) is 7.86. The summed E-state index contributed by atoms with van der Waals surface area (Å²) in [5, 5.41) is 3.10. The second-order valence-corrected chi connectivity index (χ2v) is 6.89. The molecule has 20 heavy (non-hydrogen) atoms. The number of anilines is 2. The lowest BCUT2D eigenvalue weighted by molar-refractivity contribution is 0.599. The van der Waals surface area contributed by atoms with Crippen molar-refractivity contribution in [3.8, 4) is 0 Å². The van der Waals surface area contributed by atoms with Crippen LogP contribution in [0.15, 0.2) is 9.59 Å². The highest BCUT2D eigenvalue weighted by Crippen LogP contribution is 2.22. The van der Waals surface area contributed by atoms with Gasteiger partial charge in [0.2, 0.25) is 0 Å². The van der Waals surface area contributed by atoms with Crippen LogP contribution in [0.2, 0.25) is 0 Å². The number of hydrogen-bond acceptors (Lipinski definition) is 5. The summed E-state index contributed by atoms with van der Waals surface area (Å²) in [6, 6.07) is 0. The molecule has 1 aromatic heterocycles. The van der Waals surface area contributed by atoms with E-state index in [1.807, 2.05) is 13.2 Å². The van der Waals surface area contributed by atoms with E-state index >= 15 is 0 Å². The summed E-state index contributed by atoms with van der Waals surface area (Å²) in [7, 11) is 1.47. The fourth-order valence-electron chi connectivity index (χ4n) is 1.76. The van der Waals surface area contributed by atoms with Crippen LogP contribution in [0.4, 0.5) is 11.5 Å². The van der Waals surface area contributed by atoms with Crippen molar-refractivity contribution in [2.75, 3.05) is 23.9 Å². The third-order valence-corrected chi connectivity index (χ3v) is 4.52. The monoisotopic (exact) mass is 300 g/mol. The van der Waals surface area contributed by atoms with E-state index in [1.165, 1.54) is 11.6 Å². The van der Waals surface area contributed by atoms with E-state index in [9.17, 15) is 9.59 Å². The normalized spacial score (nSPS) is 11.7. The summed E-state index contributed by atoms with van der Waals surface area (Å²) in [6.07, 6.45) is 2.79. The molecule has 0 fully saturated rings. The smallest absolute Gasteiger partial charge is 0.332 e. The highest BCUT2D eigenvalue weighted by molar-refractivity contribution is 7.99. The van der Waals surface area contributed by atoms with E-state index in [-0.39, 0.29) is 21.8 Å². The van der Waals surface area contributed by atoms with E-state index < -0.39 is 0 Å². The average molecular weight is 300 g/mol. The van der Waals surface area contributed by atoms with Crippen molar-refractivity contribution in [3.63, 3.8) is 0 Å². The molecule has 0 spiro atoms. The zero-order chi connectivity index (χ0) is 15.5. The van der Waals surface area contributed by atoms with Gasteiger partial charge in [-0.2, -0.15) is 11.8 Å². The molecule has 0 aliphatic carbocycles. The van der Waals surface area contributed by atoms with Crippen LogP contribution >= 0.6 is 11.8 Å². The molecule has 7 heteroatoms. The maximum atomic E-state index is 12.2. The summed E-state index contributed by atoms with van der Waals surface area (Å²) in [5.74, 6) is 0.219. The van der Waals surface area contributed by atoms with E-state index in [2.05, 4.69) is 19.2 Å². The van der Waals surface area contributed by atoms with E-state index in [0.717, 1.165) is 11.0 Å². The zero-order valence-corrected chi connectivity index (χ0v) is 13.6. The molecule has 1 aromatic rings. The lowest BCUT2D eigenvalue weighted by Gasteiger charge is -2.24. The molecule has 1 heterocycles. The molecular weight excluding hydrogens is 276 g/mol. The van der Waals surface area contributed by atoms with Gasteiger partial charge in [0.15, 0.2) is 0 Å². The fraction of sp³-hybridized carbons (Fsp3) is 0.692. The van der Waals surface area contributed by atoms with Crippen LogP contribution in [0, 0.1) is 0 Å². The van der Waals surface area contributed by atoms with Gasteiger partial charge in [0.25, 0.3) is 5.56 Å². The molecule has 3 N–H and O–H groups in total. The van der Waals surface area contributed by atoms with Gasteiger partial charge in [0.05, 0.1) is 0 Å². The molecule has 0 aliphatic rings. The summed E-state index contributed by atoms with van der Waals surface area (Å²) in [4.78, 5) is 24.2. The second kappa shape index (κ2) is 6.39. The number of nitrogens with zero attached hydrogens (tertiary/aromatic N) is 2. The Bertz CT molecular complexity index is 589. The van der Waals surface area contributed by atoms with Crippen LogP contribution in [0.3, 0.4) is 0 Å². The Kier molecular flexibility index (Phi) is 5.33. The van der Waals surface area contributed by atoms with Crippen LogP contribution in [0.25, 0.3) is 0 Å². The highest BCUT2D eigenvalue weighted by Gasteiger charge is 2.19. The number of nitrogens with one attached hydrogen (secondary N) is 1. The fourth-order valence-corrected chi connectivity index (χ4v) is 1.98. The van der Waals surface area contributed by atoms with Crippen molar-refractivity contribution in [2.45, 2.75) is 38.5 Å². The number of thioether (sulfide) groups is 1. The molecule has 0 bridgehead atoms. The molecule has 0 aliphatic heterocycles. The maximum absolute atomic E-state index is 12.2. The molecule has 0 saturated carbocycles. The van der Waals surface area contributed by atoms with Gasteiger partial charge in [0, 0.05) is 24.9 Å². The molecule has 0 unspecified atom stereocenters. The Morgan fingerprint density at radius 1 is 1.35 bits per heavy atom. The first-order valence-electron chi connectivity index (χ1n) is 6.63. The minimum absolute atomic E-state index is 0.0246. The van der Waals surface area contributed by atoms with Crippen molar-refractivity contribution < 1.29 is 0 Å². The van der Waals surface area contributed by atoms with E-state index in [0.29, 0.717) is 18.8 Å². The maximum Gasteiger partial charge on any atom is 0.332 e. The van der Waals surface area contributed by atoms with Gasteiger partial charge in [-0.1, -0.05) is 6.92 Å². The van der Waals surface area contributed by atoms with Crippen molar-refractivity contribution in [1.82, 2.24) is 9.13 Å². The van der Waals surface area contributed by atoms with Gasteiger partial charge in [-0.05, 0) is 26.5 Å². The number of nitrogens with two attached hydrogens (primary N) is 1. The molecule has 0 amide bonds. The molecular formula is C13H24N4O2S. The molecule has 6 nitrogen and oxygen atoms in total. The summed E-state index contributed by atoms with van der Waals surface area (Å²) in [5.41, 5.74) is 5.55. The minimum Gasteiger partial charge on any atom is -0.383 e. The second-order valence-electron chi connectivity index (χ2n) is 5.38. The standard InChI is InChI=1S/C13H24N4O2S/c1-6-7-17-10(14)9(11(18)16(4)12(17)19)15-8-13(2,3)20-5/h15H,6-8,14H2,1-5H3. The van der Waals surface area contributed by atoms with E-state index in [1.54, 1.807) is 11.8 Å². The number of aromatic nitrogens is 2. The molecule has 114 valence electrons. The number of rotatable bonds is 6. The largest absolute Gasteiger partial charge is 0.383 e. The molecule has 0 saturated heterocycles. The predicted molar refractivity (Wildman–Crippen MR) is 86.7 cm³/mol. The summed E-state index contributed by atoms with van der Waals surface area (Å²) in [6.45, 7) is 7.21. The van der Waals surface area contributed by atoms with Gasteiger partial charge in [-0.3, -0.25) is 13.9 Å². The van der Waals surface area contributed by atoms with Gasteiger partial charge in [-0.15, -0.1) is 0 Å². The quantitative estimate of drug-likeness (QED) is 0.822. The van der Waals surface area contributed by atoms with Crippen molar-refractivity contribution >= 4 is 23.3 Å². The lowest BCUT2D eigenvalue weighted by atomic mass is 10.2. The van der Waals surface area contributed by atoms with Crippen molar-refractivity contribution in [3.05, 3.63) is 20.8 Å². The average Bonchev–Trinajstić information content (AvgIpc) is 2.41. The summed E-state index contributed by atoms with van der Waals surface area (Å²) >= 11 is 1.70. The zero-order valence-electron chi connectivity index (χ0n) is 12.8.